The number of fused-ring (bicyclic) bond motifs is 1. The smallest absolute Gasteiger partial charge is 0.274 e. The van der Waals surface area contributed by atoms with Crippen LogP contribution in [0, 0.1) is 6.92 Å². The molecule has 11 nitrogen and oxygen atoms in total. The second kappa shape index (κ2) is 11.0. The number of morpholine rings is 1. The Kier molecular flexibility index (Phi) is 7.42. The van der Waals surface area contributed by atoms with Gasteiger partial charge in [0.2, 0.25) is 0 Å². The monoisotopic (exact) mass is 521 g/mol. The van der Waals surface area contributed by atoms with E-state index >= 15 is 0 Å². The van der Waals surface area contributed by atoms with Crippen LogP contribution in [-0.4, -0.2) is 75.7 Å². The van der Waals surface area contributed by atoms with Gasteiger partial charge in [0, 0.05) is 54.6 Å². The standard InChI is InChI=1S/C25H27N7O4S/c1-16-22(20-15-37-25(29-20)28-19-4-2-17(3-5-19)24(34)30-35)32-8-6-18(14-21(32)27-16)23(33)26-7-9-31-10-12-36-13-11-31/h2-6,8,14-15,35H,7,9-13H2,1H3,(H,26,33)(H,28,29)(H,30,34). The Morgan fingerprint density at radius 3 is 2.62 bits per heavy atom. The van der Waals surface area contributed by atoms with Crippen LogP contribution in [0.25, 0.3) is 17.0 Å². The molecule has 0 spiro atoms. The summed E-state index contributed by atoms with van der Waals surface area (Å²) in [6.07, 6.45) is 1.85. The number of ether oxygens (including phenoxy) is 1. The molecule has 0 unspecified atom stereocenters. The molecule has 3 aromatic heterocycles. The van der Waals surface area contributed by atoms with Crippen molar-refractivity contribution < 1.29 is 19.5 Å². The second-order valence-corrected chi connectivity index (χ2v) is 9.44. The predicted octanol–water partition coefficient (Wildman–Crippen LogP) is 2.69. The third-order valence-electron chi connectivity index (χ3n) is 6.13. The summed E-state index contributed by atoms with van der Waals surface area (Å²) in [6, 6.07) is 10.3. The van der Waals surface area contributed by atoms with E-state index in [1.165, 1.54) is 11.3 Å². The molecule has 192 valence electrons. The summed E-state index contributed by atoms with van der Waals surface area (Å²) in [7, 11) is 0. The average Bonchev–Trinajstić information content (AvgIpc) is 3.51. The number of nitrogens with zero attached hydrogens (tertiary/aromatic N) is 4. The first-order valence-corrected chi connectivity index (χ1v) is 12.7. The molecule has 1 fully saturated rings. The summed E-state index contributed by atoms with van der Waals surface area (Å²) in [6.45, 7) is 6.55. The first-order valence-electron chi connectivity index (χ1n) is 11.9. The second-order valence-electron chi connectivity index (χ2n) is 8.58. The molecule has 0 atom stereocenters. The van der Waals surface area contributed by atoms with Gasteiger partial charge in [-0.25, -0.2) is 15.4 Å². The van der Waals surface area contributed by atoms with Crippen molar-refractivity contribution in [2.24, 2.45) is 0 Å². The van der Waals surface area contributed by atoms with Gasteiger partial charge in [0.05, 0.1) is 24.6 Å². The number of aromatic nitrogens is 3. The molecule has 1 saturated heterocycles. The Balaban J connectivity index is 1.27. The van der Waals surface area contributed by atoms with Crippen LogP contribution in [0.4, 0.5) is 10.8 Å². The number of anilines is 2. The third-order valence-corrected chi connectivity index (χ3v) is 6.88. The number of thiazole rings is 1. The molecule has 37 heavy (non-hydrogen) atoms. The summed E-state index contributed by atoms with van der Waals surface area (Å²) >= 11 is 1.45. The average molecular weight is 522 g/mol. The van der Waals surface area contributed by atoms with Crippen molar-refractivity contribution in [3.05, 3.63) is 64.8 Å². The molecule has 4 aromatic rings. The minimum absolute atomic E-state index is 0.124. The summed E-state index contributed by atoms with van der Waals surface area (Å²) < 4.78 is 7.29. The minimum atomic E-state index is -0.570. The van der Waals surface area contributed by atoms with Crippen molar-refractivity contribution in [1.82, 2.24) is 30.1 Å². The number of rotatable bonds is 8. The number of nitrogens with one attached hydrogen (secondary N) is 3. The largest absolute Gasteiger partial charge is 0.379 e. The number of pyridine rings is 1. The van der Waals surface area contributed by atoms with Gasteiger partial charge in [-0.05, 0) is 43.3 Å². The highest BCUT2D eigenvalue weighted by molar-refractivity contribution is 7.14. The maximum atomic E-state index is 12.7. The van der Waals surface area contributed by atoms with Crippen LogP contribution in [0.5, 0.6) is 0 Å². The zero-order valence-corrected chi connectivity index (χ0v) is 21.0. The normalized spacial score (nSPS) is 14.0. The van der Waals surface area contributed by atoms with Crippen molar-refractivity contribution in [2.45, 2.75) is 6.92 Å². The lowest BCUT2D eigenvalue weighted by Gasteiger charge is -2.26. The molecular formula is C25H27N7O4S. The summed E-state index contributed by atoms with van der Waals surface area (Å²) in [4.78, 5) is 35.8. The number of hydrogen-bond acceptors (Lipinski definition) is 9. The van der Waals surface area contributed by atoms with Crippen molar-refractivity contribution in [3.8, 4) is 11.4 Å². The van der Waals surface area contributed by atoms with E-state index in [-0.39, 0.29) is 5.91 Å². The summed E-state index contributed by atoms with van der Waals surface area (Å²) in [5.41, 5.74) is 6.38. The Hall–Kier alpha value is -3.84. The van der Waals surface area contributed by atoms with Gasteiger partial charge in [-0.2, -0.15) is 0 Å². The van der Waals surface area contributed by atoms with Gasteiger partial charge in [0.15, 0.2) is 5.13 Å². The number of carbonyl (C=O) groups is 2. The molecule has 0 aliphatic carbocycles. The lowest BCUT2D eigenvalue weighted by molar-refractivity contribution is 0.0383. The number of aryl methyl sites for hydroxylation is 1. The molecule has 1 aliphatic heterocycles. The van der Waals surface area contributed by atoms with E-state index in [0.29, 0.717) is 28.5 Å². The molecule has 4 heterocycles. The van der Waals surface area contributed by atoms with Crippen molar-refractivity contribution >= 4 is 39.6 Å². The Bertz CT molecular complexity index is 1410. The minimum Gasteiger partial charge on any atom is -0.379 e. The molecule has 12 heteroatoms. The number of hydroxylamine groups is 1. The number of hydrogen-bond donors (Lipinski definition) is 4. The number of imidazole rings is 1. The zero-order valence-electron chi connectivity index (χ0n) is 20.2. The maximum Gasteiger partial charge on any atom is 0.274 e. The quantitative estimate of drug-likeness (QED) is 0.206. The Morgan fingerprint density at radius 2 is 1.86 bits per heavy atom. The molecule has 0 radical (unpaired) electrons. The molecular weight excluding hydrogens is 494 g/mol. The van der Waals surface area contributed by atoms with Gasteiger partial charge >= 0.3 is 0 Å². The lowest BCUT2D eigenvalue weighted by Crippen LogP contribution is -2.41. The number of benzene rings is 1. The van der Waals surface area contributed by atoms with Crippen molar-refractivity contribution in [3.63, 3.8) is 0 Å². The van der Waals surface area contributed by atoms with E-state index < -0.39 is 5.91 Å². The molecule has 4 N–H and O–H groups in total. The van der Waals surface area contributed by atoms with Crippen LogP contribution in [0.15, 0.2) is 48.0 Å². The van der Waals surface area contributed by atoms with Gasteiger partial charge in [0.1, 0.15) is 11.3 Å². The first-order chi connectivity index (χ1) is 18.0. The van der Waals surface area contributed by atoms with E-state index in [2.05, 4.69) is 20.5 Å². The zero-order chi connectivity index (χ0) is 25.8. The summed E-state index contributed by atoms with van der Waals surface area (Å²) in [5, 5.41) is 17.6. The molecule has 1 aromatic carbocycles. The highest BCUT2D eigenvalue weighted by Gasteiger charge is 2.17. The van der Waals surface area contributed by atoms with Crippen molar-refractivity contribution in [1.29, 1.82) is 0 Å². The maximum absolute atomic E-state index is 12.7. The first kappa shape index (κ1) is 24.8. The highest BCUT2D eigenvalue weighted by Crippen LogP contribution is 2.30. The van der Waals surface area contributed by atoms with Crippen LogP contribution < -0.4 is 16.1 Å². The van der Waals surface area contributed by atoms with Gasteiger partial charge < -0.3 is 15.4 Å². The van der Waals surface area contributed by atoms with Crippen LogP contribution in [-0.2, 0) is 4.74 Å². The van der Waals surface area contributed by atoms with Crippen LogP contribution in [0.3, 0.4) is 0 Å². The van der Waals surface area contributed by atoms with E-state index in [1.54, 1.807) is 41.9 Å². The fourth-order valence-corrected chi connectivity index (χ4v) is 4.91. The Morgan fingerprint density at radius 1 is 1.08 bits per heavy atom. The fraction of sp³-hybridized carbons (Fsp3) is 0.280. The van der Waals surface area contributed by atoms with Gasteiger partial charge in [0.25, 0.3) is 11.8 Å². The van der Waals surface area contributed by atoms with Crippen LogP contribution >= 0.6 is 11.3 Å². The summed E-state index contributed by atoms with van der Waals surface area (Å²) in [5.74, 6) is -0.694. The van der Waals surface area contributed by atoms with E-state index in [9.17, 15) is 9.59 Å². The van der Waals surface area contributed by atoms with E-state index in [1.807, 2.05) is 22.9 Å². The fourth-order valence-electron chi connectivity index (χ4n) is 4.20. The molecule has 1 aliphatic rings. The molecule has 5 rings (SSSR count). The molecule has 0 bridgehead atoms. The molecule has 0 saturated carbocycles. The number of carbonyl (C=O) groups excluding carboxylic acids is 2. The Labute approximate surface area is 217 Å². The number of amides is 2. The van der Waals surface area contributed by atoms with E-state index in [0.717, 1.165) is 55.6 Å². The van der Waals surface area contributed by atoms with E-state index in [4.69, 9.17) is 14.9 Å². The topological polar surface area (TPSA) is 133 Å². The molecule has 2 amide bonds. The highest BCUT2D eigenvalue weighted by atomic mass is 32.1. The van der Waals surface area contributed by atoms with Gasteiger partial charge in [-0.15, -0.1) is 11.3 Å². The lowest BCUT2D eigenvalue weighted by atomic mass is 10.2. The SMILES string of the molecule is Cc1nc2cc(C(=O)NCCN3CCOCC3)ccn2c1-c1csc(Nc2ccc(C(=O)NO)cc2)n1. The van der Waals surface area contributed by atoms with Crippen LogP contribution in [0.2, 0.25) is 0 Å². The predicted molar refractivity (Wildman–Crippen MR) is 140 cm³/mol. The van der Waals surface area contributed by atoms with Gasteiger partial charge in [-0.3, -0.25) is 24.1 Å². The van der Waals surface area contributed by atoms with Crippen LogP contribution in [0.1, 0.15) is 26.4 Å². The van der Waals surface area contributed by atoms with Crippen molar-refractivity contribution in [2.75, 3.05) is 44.7 Å². The van der Waals surface area contributed by atoms with Gasteiger partial charge in [-0.1, -0.05) is 0 Å². The third kappa shape index (κ3) is 5.62.